The Bertz CT molecular complexity index is 142. The summed E-state index contributed by atoms with van der Waals surface area (Å²) in [5.74, 6) is 4.49. The molecule has 0 aliphatic carbocycles. The van der Waals surface area contributed by atoms with Crippen molar-refractivity contribution in [1.82, 2.24) is 0 Å². The molecule has 0 aromatic heterocycles. The van der Waals surface area contributed by atoms with Crippen molar-refractivity contribution >= 4 is 27.5 Å². The normalized spacial score (nSPS) is 10.4. The number of rotatable bonds is 2. The Balaban J connectivity index is 3.50. The highest BCUT2D eigenvalue weighted by Gasteiger charge is 2.18. The topological polar surface area (TPSA) is 0 Å². The van der Waals surface area contributed by atoms with Gasteiger partial charge in [0.05, 0.1) is 0 Å². The molecule has 0 amide bonds. The smallest absolute Gasteiger partial charge is 0.180 e. The molecular weight excluding hydrogens is 225 g/mol. The molecule has 0 saturated heterocycles. The molecule has 0 rings (SSSR count). The maximum absolute atomic E-state index is 11.9. The lowest BCUT2D eigenvalue weighted by Crippen LogP contribution is -1.98. The van der Waals surface area contributed by atoms with Crippen LogP contribution in [-0.2, 0) is 0 Å². The zero-order valence-corrected chi connectivity index (χ0v) is 7.48. The van der Waals surface area contributed by atoms with Gasteiger partial charge < -0.3 is 0 Å². The maximum Gasteiger partial charge on any atom is 0.363 e. The summed E-state index contributed by atoms with van der Waals surface area (Å²) in [7, 11) is 0. The Labute approximate surface area is 72.1 Å². The first-order valence-corrected chi connectivity index (χ1v) is 4.02. The van der Waals surface area contributed by atoms with E-state index in [9.17, 15) is 8.78 Å². The minimum Gasteiger partial charge on any atom is -0.180 e. The van der Waals surface area contributed by atoms with E-state index in [0.717, 1.165) is 0 Å². The summed E-state index contributed by atoms with van der Waals surface area (Å²) in [6, 6.07) is 0. The van der Waals surface area contributed by atoms with Crippen molar-refractivity contribution in [2.75, 3.05) is 5.88 Å². The summed E-state index contributed by atoms with van der Waals surface area (Å²) < 4.78 is 23.7. The van der Waals surface area contributed by atoms with E-state index in [2.05, 4.69) is 21.9 Å². The highest BCUT2D eigenvalue weighted by Crippen LogP contribution is 2.19. The molecule has 0 radical (unpaired) electrons. The van der Waals surface area contributed by atoms with Crippen LogP contribution in [0.25, 0.3) is 0 Å². The first-order chi connectivity index (χ1) is 4.56. The van der Waals surface area contributed by atoms with Crippen molar-refractivity contribution in [2.45, 2.75) is 17.7 Å². The zero-order valence-electron chi connectivity index (χ0n) is 5.13. The third-order valence-corrected chi connectivity index (χ3v) is 1.13. The second-order valence-electron chi connectivity index (χ2n) is 1.59. The van der Waals surface area contributed by atoms with Gasteiger partial charge in [0, 0.05) is 28.2 Å². The minimum atomic E-state index is -3.04. The maximum atomic E-state index is 11.9. The van der Waals surface area contributed by atoms with E-state index in [0.29, 0.717) is 18.7 Å². The quantitative estimate of drug-likeness (QED) is 0.389. The van der Waals surface area contributed by atoms with Crippen LogP contribution in [-0.4, -0.2) is 10.7 Å². The van der Waals surface area contributed by atoms with Gasteiger partial charge in [0.1, 0.15) is 0 Å². The Kier molecular flexibility index (Phi) is 5.02. The molecule has 0 aromatic rings. The van der Waals surface area contributed by atoms with E-state index >= 15 is 0 Å². The SMILES string of the molecule is FC(F)(Br)C#CCCCCl. The van der Waals surface area contributed by atoms with Crippen LogP contribution in [0, 0.1) is 11.8 Å². The Morgan fingerprint density at radius 1 is 1.50 bits per heavy atom. The standard InChI is InChI=1S/C6H6BrClF2/c7-6(9,10)4-2-1-3-5-8/h1,3,5H2. The van der Waals surface area contributed by atoms with Crippen LogP contribution in [0.1, 0.15) is 12.8 Å². The van der Waals surface area contributed by atoms with Gasteiger partial charge in [0.25, 0.3) is 0 Å². The monoisotopic (exact) mass is 230 g/mol. The van der Waals surface area contributed by atoms with Gasteiger partial charge in [-0.3, -0.25) is 0 Å². The fourth-order valence-electron chi connectivity index (χ4n) is 0.318. The van der Waals surface area contributed by atoms with Crippen LogP contribution in [0.4, 0.5) is 8.78 Å². The van der Waals surface area contributed by atoms with Crippen LogP contribution in [0.3, 0.4) is 0 Å². The van der Waals surface area contributed by atoms with E-state index in [1.165, 1.54) is 0 Å². The average Bonchev–Trinajstić information content (AvgIpc) is 1.78. The summed E-state index contributed by atoms with van der Waals surface area (Å²) in [5, 5.41) is 0. The van der Waals surface area contributed by atoms with Crippen LogP contribution >= 0.6 is 27.5 Å². The molecule has 0 aliphatic heterocycles. The highest BCUT2D eigenvalue weighted by atomic mass is 79.9. The molecule has 0 bridgehead atoms. The Morgan fingerprint density at radius 3 is 2.50 bits per heavy atom. The predicted molar refractivity (Wildman–Crippen MR) is 41.6 cm³/mol. The van der Waals surface area contributed by atoms with Gasteiger partial charge in [-0.25, -0.2) is 0 Å². The molecule has 10 heavy (non-hydrogen) atoms. The first kappa shape index (κ1) is 10.2. The number of hydrogen-bond acceptors (Lipinski definition) is 0. The summed E-state index contributed by atoms with van der Waals surface area (Å²) in [4.78, 5) is -3.04. The van der Waals surface area contributed by atoms with E-state index in [1.54, 1.807) is 5.92 Å². The van der Waals surface area contributed by atoms with E-state index in [1.807, 2.05) is 0 Å². The molecule has 4 heteroatoms. The molecule has 0 atom stereocenters. The van der Waals surface area contributed by atoms with Crippen molar-refractivity contribution in [1.29, 1.82) is 0 Å². The van der Waals surface area contributed by atoms with Crippen LogP contribution in [0.15, 0.2) is 0 Å². The molecule has 58 valence electrons. The zero-order chi connectivity index (χ0) is 8.04. The molecule has 0 nitrogen and oxygen atoms in total. The summed E-state index contributed by atoms with van der Waals surface area (Å²) in [6.45, 7) is 0. The van der Waals surface area contributed by atoms with E-state index < -0.39 is 4.83 Å². The number of unbranched alkanes of at least 4 members (excludes halogenated alkanes) is 1. The lowest BCUT2D eigenvalue weighted by atomic mass is 10.3. The third kappa shape index (κ3) is 8.19. The second kappa shape index (κ2) is 4.92. The number of halogens is 4. The second-order valence-corrected chi connectivity index (χ2v) is 2.97. The lowest BCUT2D eigenvalue weighted by Gasteiger charge is -1.93. The highest BCUT2D eigenvalue weighted by molar-refractivity contribution is 9.10. The lowest BCUT2D eigenvalue weighted by molar-refractivity contribution is 0.182. The summed E-state index contributed by atoms with van der Waals surface area (Å²) >= 11 is 7.38. The van der Waals surface area contributed by atoms with Gasteiger partial charge in [-0.2, -0.15) is 8.78 Å². The fraction of sp³-hybridized carbons (Fsp3) is 0.667. The summed E-state index contributed by atoms with van der Waals surface area (Å²) in [5.41, 5.74) is 0. The molecule has 0 aromatic carbocycles. The van der Waals surface area contributed by atoms with E-state index in [4.69, 9.17) is 11.6 Å². The van der Waals surface area contributed by atoms with Crippen LogP contribution < -0.4 is 0 Å². The molecule has 0 fully saturated rings. The van der Waals surface area contributed by atoms with Gasteiger partial charge in [0.15, 0.2) is 0 Å². The minimum absolute atomic E-state index is 0.421. The van der Waals surface area contributed by atoms with Crippen molar-refractivity contribution in [2.24, 2.45) is 0 Å². The summed E-state index contributed by atoms with van der Waals surface area (Å²) in [6.07, 6.45) is 1.07. The molecule has 0 unspecified atom stereocenters. The van der Waals surface area contributed by atoms with Gasteiger partial charge in [-0.05, 0) is 12.3 Å². The molecule has 0 heterocycles. The molecular formula is C6H6BrClF2. The molecule has 0 aliphatic rings. The van der Waals surface area contributed by atoms with Crippen LogP contribution in [0.2, 0.25) is 0 Å². The third-order valence-electron chi connectivity index (χ3n) is 0.666. The Hall–Kier alpha value is 0.190. The molecule has 0 N–H and O–H groups in total. The predicted octanol–water partition coefficient (Wildman–Crippen LogP) is 3.00. The van der Waals surface area contributed by atoms with Gasteiger partial charge in [0.2, 0.25) is 0 Å². The average molecular weight is 231 g/mol. The van der Waals surface area contributed by atoms with Gasteiger partial charge in [-0.15, -0.1) is 11.6 Å². The van der Waals surface area contributed by atoms with E-state index in [-0.39, 0.29) is 0 Å². The van der Waals surface area contributed by atoms with Crippen LogP contribution in [0.5, 0.6) is 0 Å². The number of hydrogen-bond donors (Lipinski definition) is 0. The van der Waals surface area contributed by atoms with Crippen molar-refractivity contribution in [3.63, 3.8) is 0 Å². The Morgan fingerprint density at radius 2 is 2.10 bits per heavy atom. The van der Waals surface area contributed by atoms with Crippen molar-refractivity contribution in [3.05, 3.63) is 0 Å². The molecule has 0 spiro atoms. The largest absolute Gasteiger partial charge is 0.363 e. The van der Waals surface area contributed by atoms with Crippen molar-refractivity contribution < 1.29 is 8.78 Å². The first-order valence-electron chi connectivity index (χ1n) is 2.69. The molecule has 0 saturated carbocycles. The fourth-order valence-corrected chi connectivity index (χ4v) is 0.592. The van der Waals surface area contributed by atoms with Gasteiger partial charge in [-0.1, -0.05) is 5.92 Å². The van der Waals surface area contributed by atoms with Crippen molar-refractivity contribution in [3.8, 4) is 11.8 Å². The van der Waals surface area contributed by atoms with Gasteiger partial charge >= 0.3 is 4.83 Å². The number of alkyl halides is 4.